The molecule has 0 radical (unpaired) electrons. The lowest BCUT2D eigenvalue weighted by molar-refractivity contribution is 0.189. The molecule has 1 N–H and O–H groups in total. The van der Waals surface area contributed by atoms with Crippen LogP contribution in [0.3, 0.4) is 0 Å². The van der Waals surface area contributed by atoms with Crippen molar-refractivity contribution in [3.63, 3.8) is 0 Å². The Morgan fingerprint density at radius 3 is 2.77 bits per heavy atom. The highest BCUT2D eigenvalue weighted by atomic mass is 16.5. The predicted molar refractivity (Wildman–Crippen MR) is 55.9 cm³/mol. The quantitative estimate of drug-likeness (QED) is 0.663. The van der Waals surface area contributed by atoms with E-state index >= 15 is 0 Å². The van der Waals surface area contributed by atoms with Crippen molar-refractivity contribution in [3.8, 4) is 0 Å². The Morgan fingerprint density at radius 1 is 1.31 bits per heavy atom. The molecule has 1 aliphatic rings. The smallest absolute Gasteiger partial charge is 0.0474 e. The molecule has 0 aromatic rings. The number of ether oxygens (including phenoxy) is 1. The molecular formula is C11H23NO. The molecule has 0 aromatic heterocycles. The van der Waals surface area contributed by atoms with Crippen molar-refractivity contribution in [2.75, 3.05) is 20.3 Å². The Balaban J connectivity index is 2.05. The van der Waals surface area contributed by atoms with E-state index in [2.05, 4.69) is 12.2 Å². The van der Waals surface area contributed by atoms with Gasteiger partial charge in [-0.25, -0.2) is 0 Å². The molecule has 0 unspecified atom stereocenters. The van der Waals surface area contributed by atoms with E-state index in [1.807, 2.05) is 0 Å². The van der Waals surface area contributed by atoms with Crippen molar-refractivity contribution in [3.05, 3.63) is 0 Å². The van der Waals surface area contributed by atoms with Crippen LogP contribution in [0.5, 0.6) is 0 Å². The zero-order valence-electron chi connectivity index (χ0n) is 9.01. The fourth-order valence-electron chi connectivity index (χ4n) is 2.12. The van der Waals surface area contributed by atoms with Gasteiger partial charge in [0.05, 0.1) is 0 Å². The summed E-state index contributed by atoms with van der Waals surface area (Å²) in [6.07, 6.45) is 6.75. The van der Waals surface area contributed by atoms with Crippen LogP contribution in [-0.2, 0) is 4.74 Å². The lowest BCUT2D eigenvalue weighted by atomic mass is 9.86. The molecule has 1 rings (SSSR count). The summed E-state index contributed by atoms with van der Waals surface area (Å²) in [6, 6.07) is 0.769. The first-order chi connectivity index (χ1) is 6.34. The SMILES string of the molecule is COCCCN[C@@H]1CCCC[C@H]1C. The largest absolute Gasteiger partial charge is 0.385 e. The number of rotatable bonds is 5. The van der Waals surface area contributed by atoms with Gasteiger partial charge in [0.2, 0.25) is 0 Å². The van der Waals surface area contributed by atoms with Gasteiger partial charge in [0, 0.05) is 19.8 Å². The van der Waals surface area contributed by atoms with Gasteiger partial charge in [-0.3, -0.25) is 0 Å². The van der Waals surface area contributed by atoms with Gasteiger partial charge >= 0.3 is 0 Å². The van der Waals surface area contributed by atoms with Crippen LogP contribution in [0.15, 0.2) is 0 Å². The maximum atomic E-state index is 5.02. The summed E-state index contributed by atoms with van der Waals surface area (Å²) < 4.78 is 5.02. The number of hydrogen-bond acceptors (Lipinski definition) is 2. The van der Waals surface area contributed by atoms with Crippen LogP contribution in [-0.4, -0.2) is 26.3 Å². The molecule has 1 saturated carbocycles. The van der Waals surface area contributed by atoms with Crippen LogP contribution in [0.1, 0.15) is 39.0 Å². The third kappa shape index (κ3) is 4.10. The van der Waals surface area contributed by atoms with Gasteiger partial charge in [-0.15, -0.1) is 0 Å². The first kappa shape index (κ1) is 11.0. The fraction of sp³-hybridized carbons (Fsp3) is 1.00. The van der Waals surface area contributed by atoms with Crippen LogP contribution in [0.25, 0.3) is 0 Å². The highest BCUT2D eigenvalue weighted by Gasteiger charge is 2.19. The average molecular weight is 185 g/mol. The fourth-order valence-corrected chi connectivity index (χ4v) is 2.12. The molecule has 2 nitrogen and oxygen atoms in total. The summed E-state index contributed by atoms with van der Waals surface area (Å²) in [6.45, 7) is 4.37. The number of nitrogens with one attached hydrogen (secondary N) is 1. The Hall–Kier alpha value is -0.0800. The molecule has 13 heavy (non-hydrogen) atoms. The summed E-state index contributed by atoms with van der Waals surface area (Å²) in [5.74, 6) is 0.872. The van der Waals surface area contributed by atoms with Crippen molar-refractivity contribution in [2.24, 2.45) is 5.92 Å². The summed E-state index contributed by atoms with van der Waals surface area (Å²) in [5.41, 5.74) is 0. The topological polar surface area (TPSA) is 21.3 Å². The van der Waals surface area contributed by atoms with E-state index in [1.54, 1.807) is 7.11 Å². The highest BCUT2D eigenvalue weighted by Crippen LogP contribution is 2.23. The van der Waals surface area contributed by atoms with Crippen molar-refractivity contribution in [1.82, 2.24) is 5.32 Å². The second-order valence-corrected chi connectivity index (χ2v) is 4.17. The van der Waals surface area contributed by atoms with Crippen LogP contribution >= 0.6 is 0 Å². The molecule has 0 saturated heterocycles. The van der Waals surface area contributed by atoms with Crippen molar-refractivity contribution >= 4 is 0 Å². The normalized spacial score (nSPS) is 29.1. The molecular weight excluding hydrogens is 162 g/mol. The van der Waals surface area contributed by atoms with Crippen LogP contribution < -0.4 is 5.32 Å². The highest BCUT2D eigenvalue weighted by molar-refractivity contribution is 4.77. The minimum absolute atomic E-state index is 0.769. The zero-order valence-corrected chi connectivity index (χ0v) is 9.01. The first-order valence-electron chi connectivity index (χ1n) is 5.57. The Bertz CT molecular complexity index is 127. The van der Waals surface area contributed by atoms with E-state index in [4.69, 9.17) is 4.74 Å². The van der Waals surface area contributed by atoms with E-state index in [1.165, 1.54) is 25.7 Å². The van der Waals surface area contributed by atoms with Gasteiger partial charge in [0.25, 0.3) is 0 Å². The monoisotopic (exact) mass is 185 g/mol. The van der Waals surface area contributed by atoms with Gasteiger partial charge in [-0.1, -0.05) is 19.8 Å². The van der Waals surface area contributed by atoms with Crippen molar-refractivity contribution < 1.29 is 4.74 Å². The number of methoxy groups -OCH3 is 1. The standard InChI is InChI=1S/C11H23NO/c1-10-6-3-4-7-11(10)12-8-5-9-13-2/h10-12H,3-9H2,1-2H3/t10-,11-/m1/s1. The minimum atomic E-state index is 0.769. The third-order valence-corrected chi connectivity index (χ3v) is 3.04. The van der Waals surface area contributed by atoms with Crippen molar-refractivity contribution in [2.45, 2.75) is 45.1 Å². The summed E-state index contributed by atoms with van der Waals surface area (Å²) in [5, 5.41) is 3.63. The van der Waals surface area contributed by atoms with Crippen LogP contribution in [0.4, 0.5) is 0 Å². The molecule has 1 aliphatic carbocycles. The molecule has 0 bridgehead atoms. The Kier molecular flexibility index (Phi) is 5.40. The second kappa shape index (κ2) is 6.39. The molecule has 0 heterocycles. The third-order valence-electron chi connectivity index (χ3n) is 3.04. The summed E-state index contributed by atoms with van der Waals surface area (Å²) in [7, 11) is 1.77. The van der Waals surface area contributed by atoms with Gasteiger partial charge in [0.1, 0.15) is 0 Å². The van der Waals surface area contributed by atoms with Gasteiger partial charge in [-0.2, -0.15) is 0 Å². The van der Waals surface area contributed by atoms with Gasteiger partial charge in [0.15, 0.2) is 0 Å². The zero-order chi connectivity index (χ0) is 9.52. The average Bonchev–Trinajstić information content (AvgIpc) is 2.15. The van der Waals surface area contributed by atoms with E-state index in [0.717, 1.165) is 31.5 Å². The van der Waals surface area contributed by atoms with E-state index in [0.29, 0.717) is 0 Å². The molecule has 0 spiro atoms. The predicted octanol–water partition coefficient (Wildman–Crippen LogP) is 2.19. The van der Waals surface area contributed by atoms with E-state index in [9.17, 15) is 0 Å². The Labute approximate surface area is 82.0 Å². The lowest BCUT2D eigenvalue weighted by Gasteiger charge is -2.29. The molecule has 1 fully saturated rings. The Morgan fingerprint density at radius 2 is 2.08 bits per heavy atom. The lowest BCUT2D eigenvalue weighted by Crippen LogP contribution is -2.37. The van der Waals surface area contributed by atoms with Gasteiger partial charge in [-0.05, 0) is 31.7 Å². The summed E-state index contributed by atoms with van der Waals surface area (Å²) >= 11 is 0. The molecule has 78 valence electrons. The maximum Gasteiger partial charge on any atom is 0.0474 e. The van der Waals surface area contributed by atoms with E-state index < -0.39 is 0 Å². The molecule has 0 amide bonds. The first-order valence-corrected chi connectivity index (χ1v) is 5.57. The molecule has 0 aliphatic heterocycles. The van der Waals surface area contributed by atoms with Gasteiger partial charge < -0.3 is 10.1 Å². The number of hydrogen-bond donors (Lipinski definition) is 1. The minimum Gasteiger partial charge on any atom is -0.385 e. The maximum absolute atomic E-state index is 5.02. The van der Waals surface area contributed by atoms with Crippen LogP contribution in [0, 0.1) is 5.92 Å². The van der Waals surface area contributed by atoms with Crippen LogP contribution in [0.2, 0.25) is 0 Å². The molecule has 2 atom stereocenters. The molecule has 2 heteroatoms. The van der Waals surface area contributed by atoms with E-state index in [-0.39, 0.29) is 0 Å². The van der Waals surface area contributed by atoms with Crippen molar-refractivity contribution in [1.29, 1.82) is 0 Å². The molecule has 0 aromatic carbocycles. The summed E-state index contributed by atoms with van der Waals surface area (Å²) in [4.78, 5) is 0. The second-order valence-electron chi connectivity index (χ2n) is 4.17.